The van der Waals surface area contributed by atoms with Crippen molar-refractivity contribution in [1.29, 1.82) is 0 Å². The zero-order chi connectivity index (χ0) is 7.68. The largest absolute Gasteiger partial charge is 0.327 e. The van der Waals surface area contributed by atoms with Gasteiger partial charge in [-0.15, -0.1) is 0 Å². The van der Waals surface area contributed by atoms with Gasteiger partial charge in [0.05, 0.1) is 6.17 Å². The Balaban J connectivity index is 2.05. The SMILES string of the molecule is O=C1CCNC2CCCCN12. The van der Waals surface area contributed by atoms with E-state index in [1.54, 1.807) is 0 Å². The number of hydrogen-bond acceptors (Lipinski definition) is 2. The van der Waals surface area contributed by atoms with Crippen LogP contribution in [0.5, 0.6) is 0 Å². The fraction of sp³-hybridized carbons (Fsp3) is 0.875. The van der Waals surface area contributed by atoms with Crippen LogP contribution in [0.4, 0.5) is 0 Å². The van der Waals surface area contributed by atoms with Crippen molar-refractivity contribution in [2.45, 2.75) is 31.8 Å². The van der Waals surface area contributed by atoms with Crippen molar-refractivity contribution in [2.75, 3.05) is 13.1 Å². The van der Waals surface area contributed by atoms with E-state index in [-0.39, 0.29) is 0 Å². The van der Waals surface area contributed by atoms with E-state index in [1.807, 2.05) is 4.90 Å². The molecule has 0 radical (unpaired) electrons. The minimum Gasteiger partial charge on any atom is -0.327 e. The lowest BCUT2D eigenvalue weighted by Gasteiger charge is -2.39. The van der Waals surface area contributed by atoms with Crippen LogP contribution >= 0.6 is 0 Å². The second-order valence-electron chi connectivity index (χ2n) is 3.30. The lowest BCUT2D eigenvalue weighted by molar-refractivity contribution is -0.138. The van der Waals surface area contributed by atoms with Crippen molar-refractivity contribution < 1.29 is 4.79 Å². The van der Waals surface area contributed by atoms with Crippen LogP contribution in [0, 0.1) is 0 Å². The molecule has 0 saturated carbocycles. The number of carbonyl (C=O) groups excluding carboxylic acids is 1. The molecule has 1 atom stereocenters. The van der Waals surface area contributed by atoms with Crippen LogP contribution < -0.4 is 5.32 Å². The third-order valence-electron chi connectivity index (χ3n) is 2.54. The maximum absolute atomic E-state index is 11.3. The van der Waals surface area contributed by atoms with E-state index in [0.29, 0.717) is 18.5 Å². The molecule has 0 aromatic rings. The third kappa shape index (κ3) is 1.25. The molecule has 0 bridgehead atoms. The molecule has 2 heterocycles. The maximum atomic E-state index is 11.3. The topological polar surface area (TPSA) is 32.3 Å². The molecule has 0 aliphatic carbocycles. The van der Waals surface area contributed by atoms with Crippen LogP contribution in [0.3, 0.4) is 0 Å². The molecule has 2 aliphatic heterocycles. The van der Waals surface area contributed by atoms with Crippen molar-refractivity contribution in [3.8, 4) is 0 Å². The molecule has 2 saturated heterocycles. The normalized spacial score (nSPS) is 31.8. The van der Waals surface area contributed by atoms with Gasteiger partial charge in [-0.25, -0.2) is 0 Å². The number of rotatable bonds is 0. The monoisotopic (exact) mass is 154 g/mol. The molecule has 2 rings (SSSR count). The van der Waals surface area contributed by atoms with Crippen LogP contribution in [0.1, 0.15) is 25.7 Å². The van der Waals surface area contributed by atoms with Gasteiger partial charge in [0.25, 0.3) is 0 Å². The smallest absolute Gasteiger partial charge is 0.225 e. The molecule has 1 unspecified atom stereocenters. The van der Waals surface area contributed by atoms with Gasteiger partial charge in [0.15, 0.2) is 0 Å². The van der Waals surface area contributed by atoms with Gasteiger partial charge in [-0.2, -0.15) is 0 Å². The quantitative estimate of drug-likeness (QED) is 0.545. The van der Waals surface area contributed by atoms with Crippen LogP contribution in [0.25, 0.3) is 0 Å². The molecule has 1 N–H and O–H groups in total. The molecule has 0 aromatic heterocycles. The molecule has 11 heavy (non-hydrogen) atoms. The Hall–Kier alpha value is -0.570. The number of amides is 1. The summed E-state index contributed by atoms with van der Waals surface area (Å²) >= 11 is 0. The summed E-state index contributed by atoms with van der Waals surface area (Å²) in [5.41, 5.74) is 0. The lowest BCUT2D eigenvalue weighted by Crippen LogP contribution is -2.56. The Morgan fingerprint density at radius 2 is 2.36 bits per heavy atom. The number of nitrogens with zero attached hydrogens (tertiary/aromatic N) is 1. The Morgan fingerprint density at radius 1 is 1.45 bits per heavy atom. The van der Waals surface area contributed by atoms with Crippen molar-refractivity contribution in [2.24, 2.45) is 0 Å². The summed E-state index contributed by atoms with van der Waals surface area (Å²) < 4.78 is 0. The van der Waals surface area contributed by atoms with Crippen LogP contribution in [-0.2, 0) is 4.79 Å². The van der Waals surface area contributed by atoms with Gasteiger partial charge in [0.2, 0.25) is 5.91 Å². The third-order valence-corrected chi connectivity index (χ3v) is 2.54. The molecule has 1 amide bonds. The zero-order valence-electron chi connectivity index (χ0n) is 6.68. The fourth-order valence-corrected chi connectivity index (χ4v) is 1.93. The van der Waals surface area contributed by atoms with Crippen LogP contribution in [0.15, 0.2) is 0 Å². The van der Waals surface area contributed by atoms with Gasteiger partial charge in [0.1, 0.15) is 0 Å². The highest BCUT2D eigenvalue weighted by Crippen LogP contribution is 2.18. The molecule has 0 aromatic carbocycles. The van der Waals surface area contributed by atoms with Crippen LogP contribution in [-0.4, -0.2) is 30.1 Å². The number of piperidine rings is 1. The summed E-state index contributed by atoms with van der Waals surface area (Å²) in [4.78, 5) is 13.3. The van der Waals surface area contributed by atoms with Crippen molar-refractivity contribution in [3.05, 3.63) is 0 Å². The highest BCUT2D eigenvalue weighted by Gasteiger charge is 2.28. The maximum Gasteiger partial charge on any atom is 0.225 e. The first-order chi connectivity index (χ1) is 5.38. The molecule has 2 aliphatic rings. The standard InChI is InChI=1S/C8H14N2O/c11-8-4-5-9-7-3-1-2-6-10(7)8/h7,9H,1-6H2. The van der Waals surface area contributed by atoms with Gasteiger partial charge in [0, 0.05) is 19.5 Å². The van der Waals surface area contributed by atoms with E-state index < -0.39 is 0 Å². The van der Waals surface area contributed by atoms with Gasteiger partial charge in [-0.3, -0.25) is 10.1 Å². The van der Waals surface area contributed by atoms with Crippen molar-refractivity contribution in [1.82, 2.24) is 10.2 Å². The first kappa shape index (κ1) is 7.10. The van der Waals surface area contributed by atoms with Gasteiger partial charge < -0.3 is 4.90 Å². The minimum atomic E-state index is 0.341. The number of nitrogens with one attached hydrogen (secondary N) is 1. The molecule has 0 spiro atoms. The molecule has 3 heteroatoms. The van der Waals surface area contributed by atoms with E-state index in [1.165, 1.54) is 12.8 Å². The summed E-state index contributed by atoms with van der Waals surface area (Å²) in [5.74, 6) is 0.341. The minimum absolute atomic E-state index is 0.341. The predicted octanol–water partition coefficient (Wildman–Crippen LogP) is 0.318. The average Bonchev–Trinajstić information content (AvgIpc) is 2.06. The first-order valence-electron chi connectivity index (χ1n) is 4.41. The Bertz CT molecular complexity index is 167. The second kappa shape index (κ2) is 2.81. The Kier molecular flexibility index (Phi) is 1.82. The van der Waals surface area contributed by atoms with Crippen LogP contribution in [0.2, 0.25) is 0 Å². The number of fused-ring (bicyclic) bond motifs is 1. The fourth-order valence-electron chi connectivity index (χ4n) is 1.93. The summed E-state index contributed by atoms with van der Waals surface area (Å²) in [7, 11) is 0. The summed E-state index contributed by atoms with van der Waals surface area (Å²) in [5, 5.41) is 3.36. The number of hydrogen-bond donors (Lipinski definition) is 1. The zero-order valence-corrected chi connectivity index (χ0v) is 6.68. The molecular weight excluding hydrogens is 140 g/mol. The summed E-state index contributed by atoms with van der Waals surface area (Å²) in [6.45, 7) is 1.84. The highest BCUT2D eigenvalue weighted by atomic mass is 16.2. The van der Waals surface area contributed by atoms with E-state index in [4.69, 9.17) is 0 Å². The van der Waals surface area contributed by atoms with E-state index in [9.17, 15) is 4.79 Å². The van der Waals surface area contributed by atoms with Gasteiger partial charge in [-0.05, 0) is 19.3 Å². The van der Waals surface area contributed by atoms with Gasteiger partial charge >= 0.3 is 0 Å². The lowest BCUT2D eigenvalue weighted by atomic mass is 10.1. The molecule has 3 nitrogen and oxygen atoms in total. The van der Waals surface area contributed by atoms with E-state index >= 15 is 0 Å². The van der Waals surface area contributed by atoms with Crippen molar-refractivity contribution in [3.63, 3.8) is 0 Å². The van der Waals surface area contributed by atoms with Crippen molar-refractivity contribution >= 4 is 5.91 Å². The summed E-state index contributed by atoms with van der Waals surface area (Å²) in [6, 6.07) is 0. The average molecular weight is 154 g/mol. The molecule has 2 fully saturated rings. The Labute approximate surface area is 66.8 Å². The highest BCUT2D eigenvalue weighted by molar-refractivity contribution is 5.77. The Morgan fingerprint density at radius 3 is 3.18 bits per heavy atom. The molecular formula is C8H14N2O. The predicted molar refractivity (Wildman–Crippen MR) is 42.0 cm³/mol. The van der Waals surface area contributed by atoms with E-state index in [2.05, 4.69) is 5.32 Å². The first-order valence-corrected chi connectivity index (χ1v) is 4.41. The summed E-state index contributed by atoms with van der Waals surface area (Å²) in [6.07, 6.45) is 4.65. The molecule has 62 valence electrons. The number of carbonyl (C=O) groups is 1. The van der Waals surface area contributed by atoms with Gasteiger partial charge in [-0.1, -0.05) is 0 Å². The van der Waals surface area contributed by atoms with E-state index in [0.717, 1.165) is 19.5 Å². The second-order valence-corrected chi connectivity index (χ2v) is 3.30.